The predicted molar refractivity (Wildman–Crippen MR) is 128 cm³/mol. The van der Waals surface area contributed by atoms with Crippen molar-refractivity contribution in [3.63, 3.8) is 0 Å². The third-order valence-corrected chi connectivity index (χ3v) is 6.85. The maximum atomic E-state index is 13.4. The van der Waals surface area contributed by atoms with Crippen LogP contribution in [0.25, 0.3) is 0 Å². The third kappa shape index (κ3) is 4.95. The molecule has 1 fully saturated rings. The molecule has 0 saturated heterocycles. The number of nitrogens with zero attached hydrogens (tertiary/aromatic N) is 1. The van der Waals surface area contributed by atoms with E-state index in [1.54, 1.807) is 6.92 Å². The Morgan fingerprint density at radius 2 is 1.76 bits per heavy atom. The quantitative estimate of drug-likeness (QED) is 0.680. The van der Waals surface area contributed by atoms with Crippen LogP contribution in [0.5, 0.6) is 0 Å². The van der Waals surface area contributed by atoms with Crippen molar-refractivity contribution in [1.29, 1.82) is 0 Å². The number of anilines is 2. The van der Waals surface area contributed by atoms with Gasteiger partial charge in [-0.05, 0) is 68.9 Å². The molecule has 3 atom stereocenters. The molecule has 4 rings (SSSR count). The van der Waals surface area contributed by atoms with E-state index in [0.29, 0.717) is 25.1 Å². The molecule has 1 N–H and O–H groups in total. The van der Waals surface area contributed by atoms with Crippen molar-refractivity contribution < 1.29 is 19.1 Å². The highest BCUT2D eigenvalue weighted by Gasteiger charge is 2.41. The minimum Gasteiger partial charge on any atom is -0.452 e. The lowest BCUT2D eigenvalue weighted by Crippen LogP contribution is -2.43. The number of carbonyl (C=O) groups excluding carboxylic acids is 3. The van der Waals surface area contributed by atoms with E-state index in [9.17, 15) is 14.4 Å². The summed E-state index contributed by atoms with van der Waals surface area (Å²) in [6, 6.07) is 13.8. The van der Waals surface area contributed by atoms with Gasteiger partial charge in [0.05, 0.1) is 11.8 Å². The van der Waals surface area contributed by atoms with Crippen molar-refractivity contribution >= 4 is 29.2 Å². The number of para-hydroxylation sites is 1. The molecule has 6 heteroatoms. The molecule has 2 aromatic rings. The maximum absolute atomic E-state index is 13.4. The van der Waals surface area contributed by atoms with Crippen LogP contribution >= 0.6 is 0 Å². The topological polar surface area (TPSA) is 75.7 Å². The van der Waals surface area contributed by atoms with Gasteiger partial charge in [-0.2, -0.15) is 0 Å². The average Bonchev–Trinajstić information content (AvgIpc) is 3.25. The highest BCUT2D eigenvalue weighted by molar-refractivity contribution is 6.00. The van der Waals surface area contributed by atoms with Gasteiger partial charge in [0.25, 0.3) is 5.91 Å². The van der Waals surface area contributed by atoms with Crippen LogP contribution in [0, 0.1) is 25.7 Å². The van der Waals surface area contributed by atoms with Gasteiger partial charge in [-0.15, -0.1) is 0 Å². The summed E-state index contributed by atoms with van der Waals surface area (Å²) in [5, 5.41) is 2.86. The number of benzene rings is 2. The Hall–Kier alpha value is -3.15. The van der Waals surface area contributed by atoms with Crippen molar-refractivity contribution in [2.45, 2.75) is 59.0 Å². The summed E-state index contributed by atoms with van der Waals surface area (Å²) in [4.78, 5) is 41.1. The summed E-state index contributed by atoms with van der Waals surface area (Å²) in [6.45, 7) is 6.10. The highest BCUT2D eigenvalue weighted by atomic mass is 16.5. The SMILES string of the molecule is Cc1ccc(C)c(NC(=O)C(C)OC(=O)C2CCCCC2C(=O)N2CCc3ccccc32)c1. The Labute approximate surface area is 195 Å². The molecule has 1 aliphatic heterocycles. The number of rotatable bonds is 5. The van der Waals surface area contributed by atoms with Gasteiger partial charge in [-0.25, -0.2) is 0 Å². The smallest absolute Gasteiger partial charge is 0.310 e. The lowest BCUT2D eigenvalue weighted by atomic mass is 9.78. The first-order valence-corrected chi connectivity index (χ1v) is 11.8. The van der Waals surface area contributed by atoms with Crippen LogP contribution in [-0.2, 0) is 25.5 Å². The van der Waals surface area contributed by atoms with Crippen LogP contribution in [-0.4, -0.2) is 30.4 Å². The van der Waals surface area contributed by atoms with E-state index in [1.165, 1.54) is 0 Å². The molecular formula is C27H32N2O4. The molecule has 0 radical (unpaired) electrons. The monoisotopic (exact) mass is 448 g/mol. The largest absolute Gasteiger partial charge is 0.452 e. The molecule has 2 aromatic carbocycles. The number of hydrogen-bond acceptors (Lipinski definition) is 4. The van der Waals surface area contributed by atoms with Crippen molar-refractivity contribution in [3.05, 3.63) is 59.2 Å². The van der Waals surface area contributed by atoms with Crippen LogP contribution in [0.2, 0.25) is 0 Å². The Balaban J connectivity index is 1.42. The van der Waals surface area contributed by atoms with E-state index in [-0.39, 0.29) is 11.8 Å². The molecule has 0 bridgehead atoms. The second-order valence-electron chi connectivity index (χ2n) is 9.25. The normalized spacial score (nSPS) is 20.6. The second kappa shape index (κ2) is 9.77. The zero-order valence-electron chi connectivity index (χ0n) is 19.6. The zero-order chi connectivity index (χ0) is 23.5. The second-order valence-corrected chi connectivity index (χ2v) is 9.25. The van der Waals surface area contributed by atoms with Gasteiger partial charge in [-0.1, -0.05) is 43.2 Å². The standard InChI is InChI=1S/C27H32N2O4/c1-17-12-13-18(2)23(16-17)28-25(30)19(3)33-27(32)22-10-6-5-9-21(22)26(31)29-15-14-20-8-4-7-11-24(20)29/h4,7-8,11-13,16,19,21-22H,5-6,9-10,14-15H2,1-3H3,(H,28,30). The van der Waals surface area contributed by atoms with Crippen LogP contribution < -0.4 is 10.2 Å². The van der Waals surface area contributed by atoms with E-state index in [2.05, 4.69) is 5.32 Å². The van der Waals surface area contributed by atoms with E-state index in [1.807, 2.05) is 61.2 Å². The molecule has 1 aliphatic carbocycles. The lowest BCUT2D eigenvalue weighted by Gasteiger charge is -2.32. The fourth-order valence-corrected chi connectivity index (χ4v) is 4.90. The van der Waals surface area contributed by atoms with Crippen molar-refractivity contribution in [1.82, 2.24) is 0 Å². The zero-order valence-corrected chi connectivity index (χ0v) is 19.6. The van der Waals surface area contributed by atoms with Gasteiger partial charge in [0.1, 0.15) is 0 Å². The molecule has 2 aliphatic rings. The number of amides is 2. The van der Waals surface area contributed by atoms with Gasteiger partial charge in [0.15, 0.2) is 6.10 Å². The number of aryl methyl sites for hydroxylation is 2. The molecule has 0 aromatic heterocycles. The van der Waals surface area contributed by atoms with E-state index >= 15 is 0 Å². The number of hydrogen-bond donors (Lipinski definition) is 1. The highest BCUT2D eigenvalue weighted by Crippen LogP contribution is 2.36. The Bertz CT molecular complexity index is 1060. The molecular weight excluding hydrogens is 416 g/mol. The van der Waals surface area contributed by atoms with Crippen LogP contribution in [0.15, 0.2) is 42.5 Å². The van der Waals surface area contributed by atoms with Gasteiger partial charge in [0.2, 0.25) is 5.91 Å². The first kappa shape index (κ1) is 23.0. The van der Waals surface area contributed by atoms with E-state index in [4.69, 9.17) is 4.74 Å². The molecule has 1 heterocycles. The minimum absolute atomic E-state index is 0.00547. The molecule has 33 heavy (non-hydrogen) atoms. The number of fused-ring (bicyclic) bond motifs is 1. The lowest BCUT2D eigenvalue weighted by molar-refractivity contribution is -0.161. The number of carbonyl (C=O) groups is 3. The first-order valence-electron chi connectivity index (χ1n) is 11.8. The molecule has 1 saturated carbocycles. The molecule has 174 valence electrons. The summed E-state index contributed by atoms with van der Waals surface area (Å²) in [7, 11) is 0. The fourth-order valence-electron chi connectivity index (χ4n) is 4.90. The van der Waals surface area contributed by atoms with Gasteiger partial charge >= 0.3 is 5.97 Å². The first-order chi connectivity index (χ1) is 15.8. The van der Waals surface area contributed by atoms with Crippen LogP contribution in [0.1, 0.15) is 49.3 Å². The molecule has 6 nitrogen and oxygen atoms in total. The van der Waals surface area contributed by atoms with E-state index in [0.717, 1.165) is 41.6 Å². The Kier molecular flexibility index (Phi) is 6.82. The van der Waals surface area contributed by atoms with E-state index < -0.39 is 23.9 Å². The fraction of sp³-hybridized carbons (Fsp3) is 0.444. The maximum Gasteiger partial charge on any atom is 0.310 e. The van der Waals surface area contributed by atoms with Crippen molar-refractivity contribution in [3.8, 4) is 0 Å². The van der Waals surface area contributed by atoms with Crippen molar-refractivity contribution in [2.75, 3.05) is 16.8 Å². The number of ether oxygens (including phenoxy) is 1. The Morgan fingerprint density at radius 1 is 1.03 bits per heavy atom. The molecule has 2 amide bonds. The molecule has 0 spiro atoms. The summed E-state index contributed by atoms with van der Waals surface area (Å²) < 4.78 is 5.58. The summed E-state index contributed by atoms with van der Waals surface area (Å²) >= 11 is 0. The van der Waals surface area contributed by atoms with Crippen LogP contribution in [0.4, 0.5) is 11.4 Å². The predicted octanol–water partition coefficient (Wildman–Crippen LogP) is 4.57. The summed E-state index contributed by atoms with van der Waals surface area (Å²) in [5.74, 6) is -1.76. The minimum atomic E-state index is -0.942. The average molecular weight is 449 g/mol. The third-order valence-electron chi connectivity index (χ3n) is 6.85. The van der Waals surface area contributed by atoms with Crippen molar-refractivity contribution in [2.24, 2.45) is 11.8 Å². The number of esters is 1. The van der Waals surface area contributed by atoms with Gasteiger partial charge < -0.3 is 15.0 Å². The summed E-state index contributed by atoms with van der Waals surface area (Å²) in [6.07, 6.45) is 2.96. The number of nitrogens with one attached hydrogen (secondary N) is 1. The van der Waals surface area contributed by atoms with Crippen LogP contribution in [0.3, 0.4) is 0 Å². The van der Waals surface area contributed by atoms with Gasteiger partial charge in [0, 0.05) is 17.9 Å². The molecule has 3 unspecified atom stereocenters. The Morgan fingerprint density at radius 3 is 2.55 bits per heavy atom. The summed E-state index contributed by atoms with van der Waals surface area (Å²) in [5.41, 5.74) is 4.80. The van der Waals surface area contributed by atoms with Gasteiger partial charge in [-0.3, -0.25) is 14.4 Å².